The van der Waals surface area contributed by atoms with Gasteiger partial charge in [0.05, 0.1) is 16.3 Å². The molecule has 0 aliphatic heterocycles. The van der Waals surface area contributed by atoms with Crippen molar-refractivity contribution in [2.24, 2.45) is 0 Å². The molecule has 0 unspecified atom stereocenters. The van der Waals surface area contributed by atoms with E-state index in [1.807, 2.05) is 42.6 Å². The SMILES string of the molecule is C[C@H](Sc1nc2sccc2c(=O)n1-c1ccccc1)C(=O)NC1CC1. The van der Waals surface area contributed by atoms with Crippen LogP contribution in [-0.4, -0.2) is 26.8 Å². The van der Waals surface area contributed by atoms with Crippen LogP contribution in [0.2, 0.25) is 0 Å². The van der Waals surface area contributed by atoms with Crippen LogP contribution in [0.1, 0.15) is 19.8 Å². The fourth-order valence-electron chi connectivity index (χ4n) is 2.54. The normalized spacial score (nSPS) is 15.2. The molecule has 25 heavy (non-hydrogen) atoms. The van der Waals surface area contributed by atoms with Gasteiger partial charge in [0.2, 0.25) is 5.91 Å². The number of para-hydroxylation sites is 1. The van der Waals surface area contributed by atoms with Crippen LogP contribution in [0.3, 0.4) is 0 Å². The van der Waals surface area contributed by atoms with Gasteiger partial charge in [-0.3, -0.25) is 14.2 Å². The lowest BCUT2D eigenvalue weighted by Crippen LogP contribution is -2.33. The maximum Gasteiger partial charge on any atom is 0.267 e. The minimum atomic E-state index is -0.320. The molecule has 0 radical (unpaired) electrons. The Morgan fingerprint density at radius 3 is 2.80 bits per heavy atom. The molecule has 1 aliphatic carbocycles. The molecule has 1 saturated carbocycles. The van der Waals surface area contributed by atoms with Crippen molar-refractivity contribution in [3.05, 3.63) is 52.1 Å². The van der Waals surface area contributed by atoms with Crippen LogP contribution in [0, 0.1) is 0 Å². The van der Waals surface area contributed by atoms with Crippen molar-refractivity contribution in [3.8, 4) is 5.69 Å². The van der Waals surface area contributed by atoms with Gasteiger partial charge in [0.25, 0.3) is 5.56 Å². The van der Waals surface area contributed by atoms with Crippen LogP contribution in [0.5, 0.6) is 0 Å². The topological polar surface area (TPSA) is 64.0 Å². The van der Waals surface area contributed by atoms with Gasteiger partial charge in [0.1, 0.15) is 4.83 Å². The van der Waals surface area contributed by atoms with Crippen LogP contribution in [-0.2, 0) is 4.79 Å². The number of hydrogen-bond acceptors (Lipinski definition) is 5. The third kappa shape index (κ3) is 3.34. The number of benzene rings is 1. The number of amides is 1. The molecular weight excluding hydrogens is 354 g/mol. The number of carbonyl (C=O) groups excluding carboxylic acids is 1. The Balaban J connectivity index is 1.76. The molecule has 5 nitrogen and oxygen atoms in total. The van der Waals surface area contributed by atoms with Gasteiger partial charge in [-0.1, -0.05) is 30.0 Å². The molecule has 1 fully saturated rings. The third-order valence-corrected chi connectivity index (χ3v) is 5.92. The minimum Gasteiger partial charge on any atom is -0.352 e. The molecule has 7 heteroatoms. The van der Waals surface area contributed by atoms with E-state index in [1.54, 1.807) is 10.6 Å². The number of hydrogen-bond donors (Lipinski definition) is 1. The predicted molar refractivity (Wildman–Crippen MR) is 102 cm³/mol. The lowest BCUT2D eigenvalue weighted by atomic mass is 10.3. The molecule has 0 spiro atoms. The third-order valence-electron chi connectivity index (χ3n) is 4.06. The van der Waals surface area contributed by atoms with E-state index in [1.165, 1.54) is 23.1 Å². The Labute approximate surface area is 153 Å². The molecule has 1 aliphatic rings. The largest absolute Gasteiger partial charge is 0.352 e. The molecular formula is C18H17N3O2S2. The zero-order chi connectivity index (χ0) is 17.4. The van der Waals surface area contributed by atoms with Crippen molar-refractivity contribution < 1.29 is 4.79 Å². The lowest BCUT2D eigenvalue weighted by Gasteiger charge is -2.15. The molecule has 2 heterocycles. The number of nitrogens with one attached hydrogen (secondary N) is 1. The first-order chi connectivity index (χ1) is 12.1. The Bertz CT molecular complexity index is 977. The first kappa shape index (κ1) is 16.4. The second-order valence-corrected chi connectivity index (χ2v) is 8.26. The molecule has 1 aromatic carbocycles. The van der Waals surface area contributed by atoms with E-state index in [0.29, 0.717) is 21.4 Å². The molecule has 4 rings (SSSR count). The molecule has 1 N–H and O–H groups in total. The number of nitrogens with zero attached hydrogens (tertiary/aromatic N) is 2. The summed E-state index contributed by atoms with van der Waals surface area (Å²) in [7, 11) is 0. The van der Waals surface area contributed by atoms with E-state index in [2.05, 4.69) is 10.3 Å². The van der Waals surface area contributed by atoms with Gasteiger partial charge in [-0.2, -0.15) is 0 Å². The van der Waals surface area contributed by atoms with E-state index in [9.17, 15) is 9.59 Å². The monoisotopic (exact) mass is 371 g/mol. The van der Waals surface area contributed by atoms with Crippen LogP contribution in [0.25, 0.3) is 15.9 Å². The van der Waals surface area contributed by atoms with Crippen molar-refractivity contribution in [1.29, 1.82) is 0 Å². The first-order valence-electron chi connectivity index (χ1n) is 8.16. The van der Waals surface area contributed by atoms with Crippen molar-refractivity contribution in [1.82, 2.24) is 14.9 Å². The number of thioether (sulfide) groups is 1. The van der Waals surface area contributed by atoms with E-state index < -0.39 is 0 Å². The van der Waals surface area contributed by atoms with Gasteiger partial charge in [-0.25, -0.2) is 4.98 Å². The summed E-state index contributed by atoms with van der Waals surface area (Å²) in [6.07, 6.45) is 2.11. The highest BCUT2D eigenvalue weighted by Gasteiger charge is 2.27. The standard InChI is InChI=1S/C18H17N3O2S2/c1-11(15(22)19-12-7-8-12)25-18-20-16-14(9-10-24-16)17(23)21(18)13-5-3-2-4-6-13/h2-6,9-12H,7-8H2,1H3,(H,19,22)/t11-/m0/s1. The van der Waals surface area contributed by atoms with E-state index >= 15 is 0 Å². The summed E-state index contributed by atoms with van der Waals surface area (Å²) in [5.74, 6) is -0.00682. The number of fused-ring (bicyclic) bond motifs is 1. The smallest absolute Gasteiger partial charge is 0.267 e. The van der Waals surface area contributed by atoms with Crippen LogP contribution < -0.4 is 10.9 Å². The summed E-state index contributed by atoms with van der Waals surface area (Å²) in [4.78, 5) is 30.6. The fourth-order valence-corrected chi connectivity index (χ4v) is 4.28. The van der Waals surface area contributed by atoms with E-state index in [0.717, 1.165) is 18.5 Å². The minimum absolute atomic E-state index is 0.00682. The second kappa shape index (κ2) is 6.65. The maximum absolute atomic E-state index is 13.0. The van der Waals surface area contributed by atoms with E-state index in [-0.39, 0.29) is 16.7 Å². The van der Waals surface area contributed by atoms with Crippen LogP contribution in [0.4, 0.5) is 0 Å². The van der Waals surface area contributed by atoms with Gasteiger partial charge in [0, 0.05) is 6.04 Å². The van der Waals surface area contributed by atoms with E-state index in [4.69, 9.17) is 0 Å². The number of rotatable bonds is 5. The fraction of sp³-hybridized carbons (Fsp3) is 0.278. The van der Waals surface area contributed by atoms with Crippen molar-refractivity contribution in [2.75, 3.05) is 0 Å². The highest BCUT2D eigenvalue weighted by atomic mass is 32.2. The van der Waals surface area contributed by atoms with Crippen LogP contribution >= 0.6 is 23.1 Å². The Morgan fingerprint density at radius 1 is 1.32 bits per heavy atom. The van der Waals surface area contributed by atoms with Crippen LogP contribution in [0.15, 0.2) is 51.7 Å². The second-order valence-electron chi connectivity index (χ2n) is 6.05. The van der Waals surface area contributed by atoms with Gasteiger partial charge < -0.3 is 5.32 Å². The first-order valence-corrected chi connectivity index (χ1v) is 9.92. The quantitative estimate of drug-likeness (QED) is 0.553. The highest BCUT2D eigenvalue weighted by Crippen LogP contribution is 2.27. The molecule has 0 saturated heterocycles. The predicted octanol–water partition coefficient (Wildman–Crippen LogP) is 3.21. The zero-order valence-corrected chi connectivity index (χ0v) is 15.3. The maximum atomic E-state index is 13.0. The zero-order valence-electron chi connectivity index (χ0n) is 13.6. The molecule has 2 aromatic heterocycles. The molecule has 0 bridgehead atoms. The van der Waals surface area contributed by atoms with Gasteiger partial charge in [0.15, 0.2) is 5.16 Å². The molecule has 1 amide bonds. The Hall–Kier alpha value is -2.12. The average Bonchev–Trinajstić information content (AvgIpc) is 3.29. The van der Waals surface area contributed by atoms with Crippen molar-refractivity contribution in [3.63, 3.8) is 0 Å². The lowest BCUT2D eigenvalue weighted by molar-refractivity contribution is -0.120. The molecule has 1 atom stereocenters. The molecule has 128 valence electrons. The Morgan fingerprint density at radius 2 is 2.08 bits per heavy atom. The average molecular weight is 371 g/mol. The summed E-state index contributed by atoms with van der Waals surface area (Å²) in [6, 6.07) is 11.5. The Kier molecular flexibility index (Phi) is 4.35. The molecule has 3 aromatic rings. The number of aromatic nitrogens is 2. The highest BCUT2D eigenvalue weighted by molar-refractivity contribution is 8.00. The summed E-state index contributed by atoms with van der Waals surface area (Å²) in [6.45, 7) is 1.85. The number of thiophene rings is 1. The van der Waals surface area contributed by atoms with Crippen molar-refractivity contribution >= 4 is 39.2 Å². The summed E-state index contributed by atoms with van der Waals surface area (Å²) in [5, 5.41) is 5.71. The summed E-state index contributed by atoms with van der Waals surface area (Å²) >= 11 is 2.76. The van der Waals surface area contributed by atoms with Gasteiger partial charge in [-0.05, 0) is 43.3 Å². The number of carbonyl (C=O) groups is 1. The van der Waals surface area contributed by atoms with Gasteiger partial charge in [-0.15, -0.1) is 11.3 Å². The summed E-state index contributed by atoms with van der Waals surface area (Å²) < 4.78 is 1.60. The van der Waals surface area contributed by atoms with Gasteiger partial charge >= 0.3 is 0 Å². The van der Waals surface area contributed by atoms with Crippen molar-refractivity contribution in [2.45, 2.75) is 36.2 Å². The summed E-state index contributed by atoms with van der Waals surface area (Å²) in [5.41, 5.74) is 0.653.